The van der Waals surface area contributed by atoms with E-state index in [0.717, 1.165) is 6.42 Å². The van der Waals surface area contributed by atoms with Crippen LogP contribution in [0, 0.1) is 5.92 Å². The van der Waals surface area contributed by atoms with Crippen LogP contribution in [0.2, 0.25) is 0 Å². The van der Waals surface area contributed by atoms with Gasteiger partial charge in [0.05, 0.1) is 0 Å². The smallest absolute Gasteiger partial charge is 0.0111 e. The molecular weight excluding hydrogens is 158 g/mol. The van der Waals surface area contributed by atoms with E-state index in [9.17, 15) is 0 Å². The number of nitrogens with two attached hydrogens (primary N) is 1. The SMILES string of the molecule is C/C(=C\c1ccccc1)[C@@H]1C[C@H]1N. The highest BCUT2D eigenvalue weighted by Gasteiger charge is 2.34. The molecule has 1 fully saturated rings. The average molecular weight is 173 g/mol. The van der Waals surface area contributed by atoms with Crippen molar-refractivity contribution in [3.8, 4) is 0 Å². The lowest BCUT2D eigenvalue weighted by molar-refractivity contribution is 0.924. The summed E-state index contributed by atoms with van der Waals surface area (Å²) in [5.74, 6) is 0.639. The van der Waals surface area contributed by atoms with Crippen LogP contribution < -0.4 is 5.73 Å². The molecule has 0 unspecified atom stereocenters. The minimum absolute atomic E-state index is 0.417. The third-order valence-corrected chi connectivity index (χ3v) is 2.62. The van der Waals surface area contributed by atoms with E-state index < -0.39 is 0 Å². The maximum absolute atomic E-state index is 5.78. The zero-order chi connectivity index (χ0) is 9.26. The fourth-order valence-corrected chi connectivity index (χ4v) is 1.66. The van der Waals surface area contributed by atoms with Crippen LogP contribution >= 0.6 is 0 Å². The summed E-state index contributed by atoms with van der Waals surface area (Å²) in [4.78, 5) is 0. The summed E-state index contributed by atoms with van der Waals surface area (Å²) in [6.07, 6.45) is 3.40. The van der Waals surface area contributed by atoms with Crippen molar-refractivity contribution in [3.05, 3.63) is 41.5 Å². The number of benzene rings is 1. The third kappa shape index (κ3) is 1.99. The lowest BCUT2D eigenvalue weighted by Crippen LogP contribution is -2.02. The van der Waals surface area contributed by atoms with Crippen molar-refractivity contribution in [2.24, 2.45) is 11.7 Å². The predicted octanol–water partition coefficient (Wildman–Crippen LogP) is 2.44. The topological polar surface area (TPSA) is 26.0 Å². The molecule has 68 valence electrons. The molecule has 1 heteroatoms. The highest BCUT2D eigenvalue weighted by atomic mass is 14.7. The first-order valence-electron chi connectivity index (χ1n) is 4.76. The molecule has 0 aliphatic heterocycles. The molecule has 1 aliphatic carbocycles. The maximum Gasteiger partial charge on any atom is 0.0111 e. The Bertz CT molecular complexity index is 313. The minimum Gasteiger partial charge on any atom is -0.327 e. The van der Waals surface area contributed by atoms with E-state index in [4.69, 9.17) is 5.73 Å². The van der Waals surface area contributed by atoms with Gasteiger partial charge in [0.2, 0.25) is 0 Å². The van der Waals surface area contributed by atoms with Crippen molar-refractivity contribution in [2.75, 3.05) is 0 Å². The van der Waals surface area contributed by atoms with Gasteiger partial charge < -0.3 is 5.73 Å². The summed E-state index contributed by atoms with van der Waals surface area (Å²) in [5.41, 5.74) is 8.47. The Kier molecular flexibility index (Phi) is 2.19. The van der Waals surface area contributed by atoms with Gasteiger partial charge in [0.25, 0.3) is 0 Å². The molecule has 1 saturated carbocycles. The molecule has 13 heavy (non-hydrogen) atoms. The van der Waals surface area contributed by atoms with Crippen molar-refractivity contribution in [1.82, 2.24) is 0 Å². The predicted molar refractivity (Wildman–Crippen MR) is 56.2 cm³/mol. The molecule has 0 saturated heterocycles. The van der Waals surface area contributed by atoms with Crippen molar-refractivity contribution in [1.29, 1.82) is 0 Å². The van der Waals surface area contributed by atoms with E-state index in [1.165, 1.54) is 11.1 Å². The van der Waals surface area contributed by atoms with Crippen LogP contribution in [-0.4, -0.2) is 6.04 Å². The van der Waals surface area contributed by atoms with E-state index in [-0.39, 0.29) is 0 Å². The number of hydrogen-bond donors (Lipinski definition) is 1. The van der Waals surface area contributed by atoms with Gasteiger partial charge in [0.15, 0.2) is 0 Å². The van der Waals surface area contributed by atoms with Crippen molar-refractivity contribution < 1.29 is 0 Å². The quantitative estimate of drug-likeness (QED) is 0.730. The summed E-state index contributed by atoms with van der Waals surface area (Å²) in [6, 6.07) is 10.8. The molecular formula is C12H15N. The minimum atomic E-state index is 0.417. The van der Waals surface area contributed by atoms with Crippen molar-refractivity contribution >= 4 is 6.08 Å². The molecule has 2 rings (SSSR count). The van der Waals surface area contributed by atoms with Crippen LogP contribution in [0.3, 0.4) is 0 Å². The Balaban J connectivity index is 2.12. The van der Waals surface area contributed by atoms with Crippen LogP contribution in [0.25, 0.3) is 6.08 Å². The molecule has 0 bridgehead atoms. The Hall–Kier alpha value is -1.08. The zero-order valence-electron chi connectivity index (χ0n) is 7.90. The van der Waals surface area contributed by atoms with E-state index in [1.54, 1.807) is 0 Å². The number of rotatable bonds is 2. The molecule has 1 aromatic carbocycles. The first kappa shape index (κ1) is 8.52. The van der Waals surface area contributed by atoms with Crippen LogP contribution in [0.5, 0.6) is 0 Å². The van der Waals surface area contributed by atoms with Gasteiger partial charge >= 0.3 is 0 Å². The molecule has 0 radical (unpaired) electrons. The van der Waals surface area contributed by atoms with E-state index in [2.05, 4.69) is 37.3 Å². The Morgan fingerprint density at radius 1 is 1.38 bits per heavy atom. The Labute approximate surface area is 79.3 Å². The standard InChI is InChI=1S/C12H15N/c1-9(11-8-12(11)13)7-10-5-3-2-4-6-10/h2-7,11-12H,8,13H2,1H3/b9-7+/t11-,12+/m0/s1. The molecule has 0 amide bonds. The summed E-state index contributed by atoms with van der Waals surface area (Å²) in [5, 5.41) is 0. The molecule has 1 aliphatic rings. The van der Waals surface area contributed by atoms with Crippen LogP contribution in [0.15, 0.2) is 35.9 Å². The van der Waals surface area contributed by atoms with Gasteiger partial charge in [-0.25, -0.2) is 0 Å². The first-order chi connectivity index (χ1) is 6.27. The summed E-state index contributed by atoms with van der Waals surface area (Å²) >= 11 is 0. The molecule has 0 aromatic heterocycles. The summed E-state index contributed by atoms with van der Waals surface area (Å²) < 4.78 is 0. The van der Waals surface area contributed by atoms with Crippen molar-refractivity contribution in [2.45, 2.75) is 19.4 Å². The fraction of sp³-hybridized carbons (Fsp3) is 0.333. The largest absolute Gasteiger partial charge is 0.327 e. The van der Waals surface area contributed by atoms with Gasteiger partial charge in [0, 0.05) is 6.04 Å². The van der Waals surface area contributed by atoms with Gasteiger partial charge in [0.1, 0.15) is 0 Å². The number of hydrogen-bond acceptors (Lipinski definition) is 1. The molecule has 0 heterocycles. The van der Waals surface area contributed by atoms with Gasteiger partial charge in [-0.3, -0.25) is 0 Å². The van der Waals surface area contributed by atoms with Gasteiger partial charge in [-0.15, -0.1) is 0 Å². The summed E-state index contributed by atoms with van der Waals surface area (Å²) in [6.45, 7) is 2.17. The second-order valence-electron chi connectivity index (χ2n) is 3.81. The van der Waals surface area contributed by atoms with E-state index in [1.807, 2.05) is 6.07 Å². The van der Waals surface area contributed by atoms with E-state index in [0.29, 0.717) is 12.0 Å². The molecule has 1 aromatic rings. The average Bonchev–Trinajstić information content (AvgIpc) is 2.84. The molecule has 2 atom stereocenters. The highest BCUT2D eigenvalue weighted by Crippen LogP contribution is 2.35. The second-order valence-corrected chi connectivity index (χ2v) is 3.81. The van der Waals surface area contributed by atoms with Crippen LogP contribution in [-0.2, 0) is 0 Å². The molecule has 1 nitrogen and oxygen atoms in total. The van der Waals surface area contributed by atoms with Gasteiger partial charge in [-0.2, -0.15) is 0 Å². The fourth-order valence-electron chi connectivity index (χ4n) is 1.66. The lowest BCUT2D eigenvalue weighted by atomic mass is 10.1. The monoisotopic (exact) mass is 173 g/mol. The normalized spacial score (nSPS) is 27.4. The Morgan fingerprint density at radius 3 is 2.54 bits per heavy atom. The zero-order valence-corrected chi connectivity index (χ0v) is 7.90. The third-order valence-electron chi connectivity index (χ3n) is 2.62. The lowest BCUT2D eigenvalue weighted by Gasteiger charge is -1.98. The van der Waals surface area contributed by atoms with E-state index >= 15 is 0 Å². The van der Waals surface area contributed by atoms with Crippen molar-refractivity contribution in [3.63, 3.8) is 0 Å². The van der Waals surface area contributed by atoms with Crippen LogP contribution in [0.1, 0.15) is 18.9 Å². The molecule has 0 spiro atoms. The molecule has 2 N–H and O–H groups in total. The van der Waals surface area contributed by atoms with Gasteiger partial charge in [-0.05, 0) is 24.8 Å². The highest BCUT2D eigenvalue weighted by molar-refractivity contribution is 5.53. The summed E-state index contributed by atoms with van der Waals surface area (Å²) in [7, 11) is 0. The van der Waals surface area contributed by atoms with Crippen LogP contribution in [0.4, 0.5) is 0 Å². The first-order valence-corrected chi connectivity index (χ1v) is 4.76. The second kappa shape index (κ2) is 3.35. The van der Waals surface area contributed by atoms with Gasteiger partial charge in [-0.1, -0.05) is 42.0 Å². The Morgan fingerprint density at radius 2 is 2.00 bits per heavy atom. The maximum atomic E-state index is 5.78.